The molecule has 2 amide bonds. The smallest absolute Gasteiger partial charge is 0.338 e. The van der Waals surface area contributed by atoms with Crippen LogP contribution in [0.2, 0.25) is 5.02 Å². The number of carbonyl (C=O) groups is 3. The molecule has 0 bridgehead atoms. The molecule has 1 atom stereocenters. The molecule has 3 aromatic rings. The second-order valence-electron chi connectivity index (χ2n) is 8.53. The van der Waals surface area contributed by atoms with E-state index in [-0.39, 0.29) is 31.4 Å². The number of thioether (sulfide) groups is 1. The summed E-state index contributed by atoms with van der Waals surface area (Å²) in [6.07, 6.45) is 0.0158. The molecule has 0 saturated carbocycles. The van der Waals surface area contributed by atoms with Gasteiger partial charge in [-0.1, -0.05) is 35.5 Å². The van der Waals surface area contributed by atoms with Gasteiger partial charge in [-0.05, 0) is 80.1 Å². The standard InChI is InChI=1S/C29H28ClN3O5S/c1-3-37-24-15-13-22(14-16-24)31-27(35)25-17-26(34)33(18-19-5-9-21(30)10-6-19)29(39-25)32-23-11-7-20(8-12-23)28(36)38-4-2/h5-16,25H,3-4,17-18H2,1-2H3,(H,31,35). The second-order valence-corrected chi connectivity index (χ2v) is 10.1. The third-order valence-corrected chi connectivity index (χ3v) is 7.16. The van der Waals surface area contributed by atoms with Crippen LogP contribution in [0.4, 0.5) is 11.4 Å². The van der Waals surface area contributed by atoms with Crippen LogP contribution in [0.25, 0.3) is 0 Å². The summed E-state index contributed by atoms with van der Waals surface area (Å²) in [5.41, 5.74) is 2.41. The highest BCUT2D eigenvalue weighted by Gasteiger charge is 2.36. The minimum Gasteiger partial charge on any atom is -0.494 e. The average molecular weight is 566 g/mol. The van der Waals surface area contributed by atoms with E-state index in [2.05, 4.69) is 5.32 Å². The van der Waals surface area contributed by atoms with Crippen molar-refractivity contribution in [1.29, 1.82) is 0 Å². The molecule has 3 aromatic carbocycles. The molecule has 1 unspecified atom stereocenters. The number of hydrogen-bond acceptors (Lipinski definition) is 7. The minimum atomic E-state index is -0.678. The van der Waals surface area contributed by atoms with Crippen LogP contribution in [0.1, 0.15) is 36.2 Å². The van der Waals surface area contributed by atoms with E-state index in [0.29, 0.717) is 39.5 Å². The fraction of sp³-hybridized carbons (Fsp3) is 0.241. The summed E-state index contributed by atoms with van der Waals surface area (Å²) in [6.45, 7) is 4.74. The summed E-state index contributed by atoms with van der Waals surface area (Å²) in [7, 11) is 0. The molecular weight excluding hydrogens is 538 g/mol. The Morgan fingerprint density at radius 2 is 1.69 bits per heavy atom. The zero-order valence-electron chi connectivity index (χ0n) is 21.6. The first-order valence-electron chi connectivity index (χ1n) is 12.5. The number of halogens is 1. The molecule has 39 heavy (non-hydrogen) atoms. The lowest BCUT2D eigenvalue weighted by atomic mass is 10.2. The molecule has 1 fully saturated rings. The van der Waals surface area contributed by atoms with Crippen LogP contribution in [0.3, 0.4) is 0 Å². The highest BCUT2D eigenvalue weighted by Crippen LogP contribution is 2.31. The Kier molecular flexibility index (Phi) is 9.62. The molecule has 1 N–H and O–H groups in total. The first-order valence-corrected chi connectivity index (χ1v) is 13.7. The number of amides is 2. The Balaban J connectivity index is 1.56. The number of hydrogen-bond donors (Lipinski definition) is 1. The fourth-order valence-corrected chi connectivity index (χ4v) is 5.01. The Morgan fingerprint density at radius 3 is 2.33 bits per heavy atom. The van der Waals surface area contributed by atoms with E-state index in [1.165, 1.54) is 11.8 Å². The molecule has 202 valence electrons. The highest BCUT2D eigenvalue weighted by atomic mass is 35.5. The topological polar surface area (TPSA) is 97.3 Å². The number of rotatable bonds is 9. The summed E-state index contributed by atoms with van der Waals surface area (Å²) in [5, 5.41) is 3.19. The predicted octanol–water partition coefficient (Wildman–Crippen LogP) is 6.08. The number of amidine groups is 1. The molecule has 0 aromatic heterocycles. The van der Waals surface area contributed by atoms with E-state index in [0.717, 1.165) is 5.56 Å². The molecule has 1 aliphatic heterocycles. The van der Waals surface area contributed by atoms with Gasteiger partial charge in [0.05, 0.1) is 31.0 Å². The Labute approximate surface area is 236 Å². The van der Waals surface area contributed by atoms with Crippen molar-refractivity contribution in [2.75, 3.05) is 18.5 Å². The number of esters is 1. The second kappa shape index (κ2) is 13.3. The highest BCUT2D eigenvalue weighted by molar-refractivity contribution is 8.15. The minimum absolute atomic E-state index is 0.0158. The third kappa shape index (κ3) is 7.61. The van der Waals surface area contributed by atoms with E-state index in [9.17, 15) is 14.4 Å². The summed E-state index contributed by atoms with van der Waals surface area (Å²) in [5.74, 6) is -0.236. The quantitative estimate of drug-likeness (QED) is 0.316. The van der Waals surface area contributed by atoms with E-state index >= 15 is 0 Å². The van der Waals surface area contributed by atoms with E-state index < -0.39 is 11.2 Å². The molecular formula is C29H28ClN3O5S. The van der Waals surface area contributed by atoms with Crippen molar-refractivity contribution in [3.05, 3.63) is 88.9 Å². The van der Waals surface area contributed by atoms with Gasteiger partial charge in [-0.2, -0.15) is 0 Å². The van der Waals surface area contributed by atoms with Gasteiger partial charge >= 0.3 is 5.97 Å². The lowest BCUT2D eigenvalue weighted by molar-refractivity contribution is -0.129. The van der Waals surface area contributed by atoms with Gasteiger partial charge in [-0.3, -0.25) is 14.5 Å². The van der Waals surface area contributed by atoms with E-state index in [4.69, 9.17) is 26.1 Å². The van der Waals surface area contributed by atoms with Gasteiger partial charge in [-0.25, -0.2) is 9.79 Å². The van der Waals surface area contributed by atoms with Crippen molar-refractivity contribution >= 4 is 57.7 Å². The number of nitrogens with one attached hydrogen (secondary N) is 1. The first kappa shape index (κ1) is 28.2. The molecule has 0 aliphatic carbocycles. The SMILES string of the molecule is CCOC(=O)c1ccc(N=C2SC(C(=O)Nc3ccc(OCC)cc3)CC(=O)N2Cc2ccc(Cl)cc2)cc1. The Bertz CT molecular complexity index is 1340. The Morgan fingerprint density at radius 1 is 1.00 bits per heavy atom. The zero-order chi connectivity index (χ0) is 27.8. The van der Waals surface area contributed by atoms with E-state index in [1.807, 2.05) is 19.1 Å². The summed E-state index contributed by atoms with van der Waals surface area (Å²) < 4.78 is 10.5. The van der Waals surface area contributed by atoms with Gasteiger partial charge < -0.3 is 14.8 Å². The fourth-order valence-electron chi connectivity index (χ4n) is 3.79. The van der Waals surface area contributed by atoms with Crippen molar-refractivity contribution in [3.63, 3.8) is 0 Å². The molecule has 1 heterocycles. The molecule has 10 heteroatoms. The monoisotopic (exact) mass is 565 g/mol. The normalized spacial score (nSPS) is 16.2. The van der Waals surface area contributed by atoms with Crippen molar-refractivity contribution < 1.29 is 23.9 Å². The number of nitrogens with zero attached hydrogens (tertiary/aromatic N) is 2. The van der Waals surface area contributed by atoms with Gasteiger partial charge in [-0.15, -0.1) is 0 Å². The molecule has 1 aliphatic rings. The van der Waals surface area contributed by atoms with Gasteiger partial charge in [0, 0.05) is 17.1 Å². The molecule has 0 spiro atoms. The van der Waals surface area contributed by atoms with Crippen LogP contribution in [-0.4, -0.2) is 46.3 Å². The number of aliphatic imine (C=N–C) groups is 1. The number of anilines is 1. The Hall–Kier alpha value is -3.82. The van der Waals surface area contributed by atoms with Gasteiger partial charge in [0.15, 0.2) is 5.17 Å². The van der Waals surface area contributed by atoms with Crippen LogP contribution in [-0.2, 0) is 20.9 Å². The van der Waals surface area contributed by atoms with E-state index in [1.54, 1.807) is 72.5 Å². The largest absolute Gasteiger partial charge is 0.494 e. The zero-order valence-corrected chi connectivity index (χ0v) is 23.1. The maximum absolute atomic E-state index is 13.3. The lowest BCUT2D eigenvalue weighted by Gasteiger charge is -2.32. The summed E-state index contributed by atoms with van der Waals surface area (Å²) in [6, 6.07) is 20.9. The van der Waals surface area contributed by atoms with Crippen LogP contribution in [0.5, 0.6) is 5.75 Å². The average Bonchev–Trinajstić information content (AvgIpc) is 2.93. The number of carbonyl (C=O) groups excluding carboxylic acids is 3. The molecule has 0 radical (unpaired) electrons. The van der Waals surface area contributed by atoms with Crippen molar-refractivity contribution in [2.45, 2.75) is 32.1 Å². The van der Waals surface area contributed by atoms with Crippen molar-refractivity contribution in [2.24, 2.45) is 4.99 Å². The van der Waals surface area contributed by atoms with Gasteiger partial charge in [0.25, 0.3) is 0 Å². The predicted molar refractivity (Wildman–Crippen MR) is 154 cm³/mol. The van der Waals surface area contributed by atoms with Crippen molar-refractivity contribution in [3.8, 4) is 5.75 Å². The van der Waals surface area contributed by atoms with Crippen LogP contribution in [0.15, 0.2) is 77.8 Å². The van der Waals surface area contributed by atoms with Gasteiger partial charge in [0.1, 0.15) is 11.0 Å². The van der Waals surface area contributed by atoms with Crippen LogP contribution < -0.4 is 10.1 Å². The molecule has 8 nitrogen and oxygen atoms in total. The number of benzene rings is 3. The molecule has 1 saturated heterocycles. The maximum Gasteiger partial charge on any atom is 0.338 e. The lowest BCUT2D eigenvalue weighted by Crippen LogP contribution is -2.44. The third-order valence-electron chi connectivity index (χ3n) is 5.72. The summed E-state index contributed by atoms with van der Waals surface area (Å²) in [4.78, 5) is 44.7. The molecule has 4 rings (SSSR count). The van der Waals surface area contributed by atoms with Crippen LogP contribution in [0, 0.1) is 0 Å². The maximum atomic E-state index is 13.3. The van der Waals surface area contributed by atoms with Crippen LogP contribution >= 0.6 is 23.4 Å². The van der Waals surface area contributed by atoms with Crippen molar-refractivity contribution in [1.82, 2.24) is 4.90 Å². The number of ether oxygens (including phenoxy) is 2. The first-order chi connectivity index (χ1) is 18.9. The van der Waals surface area contributed by atoms with Gasteiger partial charge in [0.2, 0.25) is 11.8 Å². The summed E-state index contributed by atoms with van der Waals surface area (Å²) >= 11 is 7.24.